The average molecular weight is 508 g/mol. The molecule has 1 fully saturated rings. The van der Waals surface area contributed by atoms with Crippen molar-refractivity contribution in [3.8, 4) is 11.4 Å². The fraction of sp³-hybridized carbons (Fsp3) is 0.407. The molecule has 190 valence electrons. The molecule has 8 nitrogen and oxygen atoms in total. The molecular formula is C27H34ClN7O. The Hall–Kier alpha value is -3.07. The number of hydrogen-bond donors (Lipinski definition) is 4. The SMILES string of the molecule is CC[C@H](N)CNc1c(-c2nc3cc(N(C)C4CCN(C)CC4)ccc3[nH]2)c(=O)[nH]c2ccc(Cl)cc12. The molecule has 1 atom stereocenters. The van der Waals surface area contributed by atoms with Crippen LogP contribution in [0.3, 0.4) is 0 Å². The van der Waals surface area contributed by atoms with E-state index in [1.807, 2.05) is 25.1 Å². The Morgan fingerprint density at radius 2 is 1.94 bits per heavy atom. The van der Waals surface area contributed by atoms with Crippen molar-refractivity contribution in [2.45, 2.75) is 38.3 Å². The number of nitrogens with two attached hydrogens (primary N) is 1. The van der Waals surface area contributed by atoms with Crippen molar-refractivity contribution in [2.75, 3.05) is 43.9 Å². The molecule has 0 bridgehead atoms. The van der Waals surface area contributed by atoms with Gasteiger partial charge in [-0.2, -0.15) is 0 Å². The van der Waals surface area contributed by atoms with Crippen LogP contribution < -0.4 is 21.5 Å². The van der Waals surface area contributed by atoms with Gasteiger partial charge in [0.25, 0.3) is 5.56 Å². The Balaban J connectivity index is 1.56. The third-order valence-electron chi connectivity index (χ3n) is 7.39. The van der Waals surface area contributed by atoms with Crippen molar-refractivity contribution in [1.29, 1.82) is 0 Å². The smallest absolute Gasteiger partial charge is 0.261 e. The molecular weight excluding hydrogens is 474 g/mol. The van der Waals surface area contributed by atoms with Crippen LogP contribution in [0.4, 0.5) is 11.4 Å². The molecule has 9 heteroatoms. The largest absolute Gasteiger partial charge is 0.382 e. The van der Waals surface area contributed by atoms with Crippen LogP contribution in [0.15, 0.2) is 41.2 Å². The normalized spacial score (nSPS) is 16.0. The Labute approximate surface area is 215 Å². The summed E-state index contributed by atoms with van der Waals surface area (Å²) in [7, 11) is 4.33. The summed E-state index contributed by atoms with van der Waals surface area (Å²) >= 11 is 6.33. The van der Waals surface area contributed by atoms with Crippen LogP contribution in [0.25, 0.3) is 33.3 Å². The maximum Gasteiger partial charge on any atom is 0.261 e. The number of nitrogens with one attached hydrogen (secondary N) is 3. The summed E-state index contributed by atoms with van der Waals surface area (Å²) in [6.07, 6.45) is 3.10. The lowest BCUT2D eigenvalue weighted by Crippen LogP contribution is -2.41. The number of pyridine rings is 1. The van der Waals surface area contributed by atoms with E-state index in [9.17, 15) is 4.79 Å². The number of rotatable bonds is 7. The number of piperidine rings is 1. The van der Waals surface area contributed by atoms with Gasteiger partial charge in [-0.15, -0.1) is 0 Å². The van der Waals surface area contributed by atoms with E-state index in [0.717, 1.165) is 54.5 Å². The molecule has 5 rings (SSSR count). The number of nitrogens with zero attached hydrogens (tertiary/aromatic N) is 3. The molecule has 36 heavy (non-hydrogen) atoms. The summed E-state index contributed by atoms with van der Waals surface area (Å²) in [4.78, 5) is 29.3. The van der Waals surface area contributed by atoms with Crippen molar-refractivity contribution in [3.05, 3.63) is 51.8 Å². The number of fused-ring (bicyclic) bond motifs is 2. The number of anilines is 2. The molecule has 3 heterocycles. The lowest BCUT2D eigenvalue weighted by molar-refractivity contribution is 0.253. The predicted molar refractivity (Wildman–Crippen MR) is 150 cm³/mol. The first-order valence-electron chi connectivity index (χ1n) is 12.6. The molecule has 1 aliphatic heterocycles. The van der Waals surface area contributed by atoms with Gasteiger partial charge in [-0.25, -0.2) is 4.98 Å². The number of benzene rings is 2. The second-order valence-electron chi connectivity index (χ2n) is 9.88. The van der Waals surface area contributed by atoms with Gasteiger partial charge in [-0.05, 0) is 75.8 Å². The third-order valence-corrected chi connectivity index (χ3v) is 7.62. The number of H-pyrrole nitrogens is 2. The summed E-state index contributed by atoms with van der Waals surface area (Å²) < 4.78 is 0. The highest BCUT2D eigenvalue weighted by Crippen LogP contribution is 2.33. The van der Waals surface area contributed by atoms with Gasteiger partial charge in [-0.1, -0.05) is 18.5 Å². The Morgan fingerprint density at radius 1 is 1.19 bits per heavy atom. The van der Waals surface area contributed by atoms with Crippen LogP contribution in [0.2, 0.25) is 5.02 Å². The zero-order valence-electron chi connectivity index (χ0n) is 21.1. The lowest BCUT2D eigenvalue weighted by atomic mass is 10.0. The van der Waals surface area contributed by atoms with E-state index in [2.05, 4.69) is 51.3 Å². The van der Waals surface area contributed by atoms with E-state index in [0.29, 0.717) is 40.2 Å². The fourth-order valence-electron chi connectivity index (χ4n) is 4.98. The maximum absolute atomic E-state index is 13.3. The molecule has 0 spiro atoms. The molecule has 1 saturated heterocycles. The highest BCUT2D eigenvalue weighted by atomic mass is 35.5. The van der Waals surface area contributed by atoms with Gasteiger partial charge in [0.15, 0.2) is 0 Å². The van der Waals surface area contributed by atoms with Crippen molar-refractivity contribution < 1.29 is 0 Å². The second kappa shape index (κ2) is 10.1. The van der Waals surface area contributed by atoms with Gasteiger partial charge >= 0.3 is 0 Å². The lowest BCUT2D eigenvalue weighted by Gasteiger charge is -2.36. The monoisotopic (exact) mass is 507 g/mol. The van der Waals surface area contributed by atoms with Gasteiger partial charge in [0.05, 0.1) is 22.2 Å². The van der Waals surface area contributed by atoms with E-state index >= 15 is 0 Å². The minimum absolute atomic E-state index is 0.0419. The summed E-state index contributed by atoms with van der Waals surface area (Å²) in [5.41, 5.74) is 10.6. The molecule has 5 N–H and O–H groups in total. The van der Waals surface area contributed by atoms with Gasteiger partial charge < -0.3 is 30.8 Å². The number of hydrogen-bond acceptors (Lipinski definition) is 6. The van der Waals surface area contributed by atoms with Crippen LogP contribution in [0.1, 0.15) is 26.2 Å². The van der Waals surface area contributed by atoms with Crippen LogP contribution in [-0.4, -0.2) is 65.7 Å². The summed E-state index contributed by atoms with van der Waals surface area (Å²) in [6.45, 7) is 4.78. The van der Waals surface area contributed by atoms with Crippen molar-refractivity contribution >= 4 is 44.9 Å². The minimum Gasteiger partial charge on any atom is -0.382 e. The molecule has 0 unspecified atom stereocenters. The summed E-state index contributed by atoms with van der Waals surface area (Å²) in [5.74, 6) is 0.514. The zero-order valence-corrected chi connectivity index (χ0v) is 21.8. The molecule has 1 aliphatic rings. The molecule has 0 saturated carbocycles. The summed E-state index contributed by atoms with van der Waals surface area (Å²) in [5, 5.41) is 4.83. The predicted octanol–water partition coefficient (Wildman–Crippen LogP) is 4.40. The first kappa shape index (κ1) is 24.6. The number of imidazole rings is 1. The highest BCUT2D eigenvalue weighted by Gasteiger charge is 2.22. The van der Waals surface area contributed by atoms with E-state index in [4.69, 9.17) is 22.3 Å². The van der Waals surface area contributed by atoms with Crippen LogP contribution >= 0.6 is 11.6 Å². The third kappa shape index (κ3) is 4.81. The molecule has 4 aromatic rings. The van der Waals surface area contributed by atoms with E-state index < -0.39 is 0 Å². The number of halogens is 1. The Bertz CT molecular complexity index is 1440. The molecule has 0 radical (unpaired) electrons. The number of aromatic nitrogens is 3. The van der Waals surface area contributed by atoms with Gasteiger partial charge in [0.1, 0.15) is 11.4 Å². The zero-order chi connectivity index (χ0) is 25.4. The Kier molecular flexibility index (Phi) is 6.92. The molecule has 0 amide bonds. The minimum atomic E-state index is -0.222. The second-order valence-corrected chi connectivity index (χ2v) is 10.3. The molecule has 0 aliphatic carbocycles. The number of likely N-dealkylation sites (tertiary alicyclic amines) is 1. The fourth-order valence-corrected chi connectivity index (χ4v) is 5.15. The van der Waals surface area contributed by atoms with E-state index in [-0.39, 0.29) is 11.6 Å². The van der Waals surface area contributed by atoms with Crippen molar-refractivity contribution in [2.24, 2.45) is 5.73 Å². The summed E-state index contributed by atoms with van der Waals surface area (Å²) in [6, 6.07) is 12.2. The van der Waals surface area contributed by atoms with Crippen LogP contribution in [0.5, 0.6) is 0 Å². The van der Waals surface area contributed by atoms with E-state index in [1.54, 1.807) is 6.07 Å². The first-order chi connectivity index (χ1) is 17.3. The van der Waals surface area contributed by atoms with E-state index in [1.165, 1.54) is 0 Å². The topological polar surface area (TPSA) is 106 Å². The molecule has 2 aromatic heterocycles. The van der Waals surface area contributed by atoms with Gasteiger partial charge in [0, 0.05) is 41.8 Å². The first-order valence-corrected chi connectivity index (χ1v) is 13.0. The Morgan fingerprint density at radius 3 is 2.69 bits per heavy atom. The van der Waals surface area contributed by atoms with Crippen LogP contribution in [0, 0.1) is 0 Å². The molecule has 2 aromatic carbocycles. The number of aromatic amines is 2. The standard InChI is InChI=1S/C27H34ClN7O/c1-4-17(29)15-30-25-20-13-16(28)5-7-21(20)33-27(36)24(25)26-31-22-8-6-19(14-23(22)32-26)35(3)18-9-11-34(2)12-10-18/h5-8,13-14,17-18H,4,9-12,15,29H2,1-3H3,(H,31,32)(H2,30,33,36)/t17-/m0/s1. The van der Waals surface area contributed by atoms with Crippen molar-refractivity contribution in [1.82, 2.24) is 19.9 Å². The van der Waals surface area contributed by atoms with Gasteiger partial charge in [-0.3, -0.25) is 4.79 Å². The average Bonchev–Trinajstić information content (AvgIpc) is 3.30. The quantitative estimate of drug-likeness (QED) is 0.295. The van der Waals surface area contributed by atoms with Gasteiger partial charge in [0.2, 0.25) is 0 Å². The van der Waals surface area contributed by atoms with Crippen LogP contribution in [-0.2, 0) is 0 Å². The maximum atomic E-state index is 13.3. The highest BCUT2D eigenvalue weighted by molar-refractivity contribution is 6.31. The van der Waals surface area contributed by atoms with Crippen molar-refractivity contribution in [3.63, 3.8) is 0 Å².